The highest BCUT2D eigenvalue weighted by Gasteiger charge is 2.25. The zero-order valence-corrected chi connectivity index (χ0v) is 29.7. The summed E-state index contributed by atoms with van der Waals surface area (Å²) in [7, 11) is 0. The number of amides is 2. The van der Waals surface area contributed by atoms with Crippen molar-refractivity contribution < 1.29 is 9.59 Å². The van der Waals surface area contributed by atoms with Crippen LogP contribution < -0.4 is 10.6 Å². The fraction of sp³-hybridized carbons (Fsp3) is 0.381. The van der Waals surface area contributed by atoms with Crippen molar-refractivity contribution in [3.8, 4) is 0 Å². The van der Waals surface area contributed by atoms with Crippen LogP contribution in [0.4, 0.5) is 11.4 Å². The van der Waals surface area contributed by atoms with Crippen LogP contribution in [0.2, 0.25) is 10.0 Å². The molecular weight excluding hydrogens is 635 g/mol. The molecule has 0 aliphatic heterocycles. The zero-order valence-electron chi connectivity index (χ0n) is 28.2. The highest BCUT2D eigenvalue weighted by atomic mass is 35.5. The highest BCUT2D eigenvalue weighted by molar-refractivity contribution is 6.31. The van der Waals surface area contributed by atoms with Crippen molar-refractivity contribution in [2.24, 2.45) is 11.8 Å². The summed E-state index contributed by atoms with van der Waals surface area (Å²) in [6.45, 7) is 4.25. The number of nitrogens with one attached hydrogen (secondary N) is 2. The van der Waals surface area contributed by atoms with Gasteiger partial charge >= 0.3 is 0 Å². The molecule has 4 nitrogen and oxygen atoms in total. The third kappa shape index (κ3) is 11.2. The molecule has 4 aromatic rings. The van der Waals surface area contributed by atoms with Crippen molar-refractivity contribution >= 4 is 46.4 Å². The van der Waals surface area contributed by atoms with Crippen molar-refractivity contribution in [1.29, 1.82) is 0 Å². The van der Waals surface area contributed by atoms with Crippen molar-refractivity contribution in [2.45, 2.75) is 89.9 Å². The Balaban J connectivity index is 0.000000188. The molecule has 2 N–H and O–H groups in total. The van der Waals surface area contributed by atoms with Gasteiger partial charge in [0.15, 0.2) is 0 Å². The first kappa shape index (κ1) is 35.7. The first-order valence-corrected chi connectivity index (χ1v) is 18.2. The lowest BCUT2D eigenvalue weighted by Gasteiger charge is -2.28. The van der Waals surface area contributed by atoms with Crippen LogP contribution in [0, 0.1) is 25.7 Å². The SMILES string of the molecule is Cc1ccc(C2CCC(CC(=O)Nc3ccc(Cl)cc3)CC2)cc1.Cc1ccc(C2CCC(CC(=O)Nc3ccc(Cl)cc3)CC2)cc1. The first-order chi connectivity index (χ1) is 23.2. The standard InChI is InChI=1S/2C21H24ClNO/c2*1-15-2-6-17(7-3-15)18-8-4-16(5-9-18)14-21(24)23-20-12-10-19(22)11-13-20/h2*2-3,6-7,10-13,16,18H,4-5,8-9,14H2,1H3,(H,23,24). The van der Waals surface area contributed by atoms with Crippen LogP contribution in [-0.2, 0) is 9.59 Å². The summed E-state index contributed by atoms with van der Waals surface area (Å²) in [5.41, 5.74) is 7.16. The normalized spacial score (nSPS) is 20.6. The number of aryl methyl sites for hydroxylation is 2. The Hall–Kier alpha value is -3.60. The summed E-state index contributed by atoms with van der Waals surface area (Å²) in [4.78, 5) is 24.4. The summed E-state index contributed by atoms with van der Waals surface area (Å²) < 4.78 is 0. The molecule has 48 heavy (non-hydrogen) atoms. The molecule has 6 rings (SSSR count). The van der Waals surface area contributed by atoms with Gasteiger partial charge in [-0.1, -0.05) is 82.9 Å². The third-order valence-corrected chi connectivity index (χ3v) is 10.5. The number of benzene rings is 4. The minimum atomic E-state index is 0.108. The van der Waals surface area contributed by atoms with E-state index in [9.17, 15) is 9.59 Å². The van der Waals surface area contributed by atoms with Gasteiger partial charge in [0.25, 0.3) is 0 Å². The van der Waals surface area contributed by atoms with Gasteiger partial charge in [-0.25, -0.2) is 0 Å². The summed E-state index contributed by atoms with van der Waals surface area (Å²) in [6.07, 6.45) is 10.5. The van der Waals surface area contributed by atoms with Crippen molar-refractivity contribution in [2.75, 3.05) is 10.6 Å². The summed E-state index contributed by atoms with van der Waals surface area (Å²) in [6, 6.07) is 32.4. The van der Waals surface area contributed by atoms with Crippen LogP contribution in [0.15, 0.2) is 97.1 Å². The summed E-state index contributed by atoms with van der Waals surface area (Å²) >= 11 is 11.7. The second-order valence-corrected chi connectivity index (χ2v) is 14.6. The number of rotatable bonds is 8. The second kappa shape index (κ2) is 17.7. The molecule has 0 atom stereocenters. The molecule has 4 aromatic carbocycles. The van der Waals surface area contributed by atoms with E-state index < -0.39 is 0 Å². The van der Waals surface area contributed by atoms with Gasteiger partial charge in [-0.2, -0.15) is 0 Å². The van der Waals surface area contributed by atoms with Crippen LogP contribution in [-0.4, -0.2) is 11.8 Å². The molecule has 0 radical (unpaired) electrons. The number of hydrogen-bond acceptors (Lipinski definition) is 2. The number of hydrogen-bond donors (Lipinski definition) is 2. The topological polar surface area (TPSA) is 58.2 Å². The Kier molecular flexibility index (Phi) is 13.2. The molecule has 0 heterocycles. The number of halogens is 2. The Morgan fingerprint density at radius 2 is 0.812 bits per heavy atom. The number of anilines is 2. The van der Waals surface area contributed by atoms with E-state index in [4.69, 9.17) is 23.2 Å². The van der Waals surface area contributed by atoms with Crippen LogP contribution in [0.3, 0.4) is 0 Å². The van der Waals surface area contributed by atoms with Crippen molar-refractivity contribution in [1.82, 2.24) is 0 Å². The van der Waals surface area contributed by atoms with Gasteiger partial charge in [0.1, 0.15) is 0 Å². The van der Waals surface area contributed by atoms with E-state index in [1.54, 1.807) is 24.3 Å². The van der Waals surface area contributed by atoms with Gasteiger partial charge in [0.05, 0.1) is 0 Å². The van der Waals surface area contributed by atoms with Crippen LogP contribution in [0.5, 0.6) is 0 Å². The lowest BCUT2D eigenvalue weighted by molar-refractivity contribution is -0.118. The van der Waals surface area contributed by atoms with Gasteiger partial charge in [-0.3, -0.25) is 9.59 Å². The van der Waals surface area contributed by atoms with E-state index in [0.29, 0.717) is 46.6 Å². The quantitative estimate of drug-likeness (QED) is 0.194. The van der Waals surface area contributed by atoms with Crippen LogP contribution in [0.1, 0.15) is 98.3 Å². The largest absolute Gasteiger partial charge is 0.326 e. The van der Waals surface area contributed by atoms with Crippen LogP contribution in [0.25, 0.3) is 0 Å². The van der Waals surface area contributed by atoms with Gasteiger partial charge in [0.2, 0.25) is 11.8 Å². The lowest BCUT2D eigenvalue weighted by atomic mass is 9.77. The predicted molar refractivity (Wildman–Crippen MR) is 201 cm³/mol. The average molecular weight is 684 g/mol. The maximum absolute atomic E-state index is 12.2. The monoisotopic (exact) mass is 682 g/mol. The highest BCUT2D eigenvalue weighted by Crippen LogP contribution is 2.38. The molecule has 0 spiro atoms. The van der Waals surface area contributed by atoms with E-state index in [2.05, 4.69) is 73.0 Å². The third-order valence-electron chi connectivity index (χ3n) is 10.00. The second-order valence-electron chi connectivity index (χ2n) is 13.8. The van der Waals surface area contributed by atoms with Gasteiger partial charge in [-0.05, 0) is 149 Å². The summed E-state index contributed by atoms with van der Waals surface area (Å²) in [5, 5.41) is 7.30. The molecular formula is C42H48Cl2N2O2. The Morgan fingerprint density at radius 1 is 0.500 bits per heavy atom. The molecule has 6 heteroatoms. The van der Waals surface area contributed by atoms with Crippen LogP contribution >= 0.6 is 23.2 Å². The molecule has 2 fully saturated rings. The minimum Gasteiger partial charge on any atom is -0.326 e. The molecule has 2 saturated carbocycles. The molecule has 0 saturated heterocycles. The van der Waals surface area contributed by atoms with E-state index in [1.807, 2.05) is 24.3 Å². The lowest BCUT2D eigenvalue weighted by Crippen LogP contribution is -2.20. The minimum absolute atomic E-state index is 0.108. The maximum Gasteiger partial charge on any atom is 0.224 e. The predicted octanol–water partition coefficient (Wildman–Crippen LogP) is 11.9. The molecule has 0 bridgehead atoms. The molecule has 2 aliphatic carbocycles. The van der Waals surface area contributed by atoms with Gasteiger partial charge in [-0.15, -0.1) is 0 Å². The van der Waals surface area contributed by atoms with Gasteiger partial charge in [0, 0.05) is 34.3 Å². The summed E-state index contributed by atoms with van der Waals surface area (Å²) in [5.74, 6) is 2.52. The van der Waals surface area contributed by atoms with E-state index in [1.165, 1.54) is 47.9 Å². The Morgan fingerprint density at radius 3 is 1.12 bits per heavy atom. The molecule has 2 amide bonds. The Labute approximate surface area is 296 Å². The van der Waals surface area contributed by atoms with E-state index in [0.717, 1.165) is 37.1 Å². The smallest absolute Gasteiger partial charge is 0.224 e. The molecule has 0 aromatic heterocycles. The zero-order chi connectivity index (χ0) is 33.9. The molecule has 0 unspecified atom stereocenters. The number of carbonyl (C=O) groups is 2. The number of carbonyl (C=O) groups excluding carboxylic acids is 2. The maximum atomic E-state index is 12.2. The van der Waals surface area contributed by atoms with E-state index in [-0.39, 0.29) is 11.8 Å². The average Bonchev–Trinajstić information content (AvgIpc) is 3.09. The first-order valence-electron chi connectivity index (χ1n) is 17.4. The van der Waals surface area contributed by atoms with Crippen molar-refractivity contribution in [3.05, 3.63) is 129 Å². The fourth-order valence-corrected chi connectivity index (χ4v) is 7.34. The molecule has 252 valence electrons. The Bertz CT molecular complexity index is 1460. The van der Waals surface area contributed by atoms with Gasteiger partial charge < -0.3 is 10.6 Å². The van der Waals surface area contributed by atoms with Crippen molar-refractivity contribution in [3.63, 3.8) is 0 Å². The van der Waals surface area contributed by atoms with E-state index >= 15 is 0 Å². The fourth-order valence-electron chi connectivity index (χ4n) is 7.09. The molecule has 2 aliphatic rings.